The molecule has 0 bridgehead atoms. The summed E-state index contributed by atoms with van der Waals surface area (Å²) in [6, 6.07) is 7.11. The Morgan fingerprint density at radius 3 is 2.96 bits per heavy atom. The van der Waals surface area contributed by atoms with Gasteiger partial charge in [-0.15, -0.1) is 0 Å². The summed E-state index contributed by atoms with van der Waals surface area (Å²) in [4.78, 5) is 38.3. The van der Waals surface area contributed by atoms with E-state index in [1.54, 1.807) is 30.2 Å². The van der Waals surface area contributed by atoms with Crippen molar-refractivity contribution in [2.24, 2.45) is 0 Å². The van der Waals surface area contributed by atoms with Gasteiger partial charge in [0.2, 0.25) is 11.8 Å². The highest BCUT2D eigenvalue weighted by Gasteiger charge is 2.40. The van der Waals surface area contributed by atoms with Crippen molar-refractivity contribution < 1.29 is 23.9 Å². The fraction of sp³-hybridized carbons (Fsp3) is 0.526. The van der Waals surface area contributed by atoms with E-state index in [1.165, 1.54) is 0 Å². The highest BCUT2D eigenvalue weighted by Crippen LogP contribution is 2.33. The van der Waals surface area contributed by atoms with Crippen LogP contribution in [0.15, 0.2) is 24.3 Å². The Bertz CT molecular complexity index is 723. The highest BCUT2D eigenvalue weighted by molar-refractivity contribution is 5.97. The average molecular weight is 375 g/mol. The number of ether oxygens (including phenoxy) is 2. The number of benzene rings is 1. The summed E-state index contributed by atoms with van der Waals surface area (Å²) in [6.45, 7) is 1.58. The standard InChI is InChI=1S/C19H25N3O5/c1-26-11-9-20-16(23)12-22-10-8-19(7-6-17(22)24)13-21-18(25)14-4-2-3-5-15(14)27-19/h2-5H,6-13H2,1H3,(H,20,23)(H,21,25)/t19-/m0/s1. The van der Waals surface area contributed by atoms with Gasteiger partial charge in [0.1, 0.15) is 11.4 Å². The molecule has 0 unspecified atom stereocenters. The Labute approximate surface area is 158 Å². The maximum absolute atomic E-state index is 12.5. The lowest BCUT2D eigenvalue weighted by Gasteiger charge is -2.32. The zero-order valence-corrected chi connectivity index (χ0v) is 15.5. The van der Waals surface area contributed by atoms with Crippen LogP contribution in [0.1, 0.15) is 29.6 Å². The molecule has 0 radical (unpaired) electrons. The number of likely N-dealkylation sites (tertiary alicyclic amines) is 1. The van der Waals surface area contributed by atoms with Gasteiger partial charge in [0, 0.05) is 33.0 Å². The number of hydrogen-bond acceptors (Lipinski definition) is 5. The fourth-order valence-corrected chi connectivity index (χ4v) is 3.40. The van der Waals surface area contributed by atoms with Crippen LogP contribution >= 0.6 is 0 Å². The predicted octanol–water partition coefficient (Wildman–Crippen LogP) is 0.323. The Kier molecular flexibility index (Phi) is 5.95. The number of hydrogen-bond donors (Lipinski definition) is 2. The van der Waals surface area contributed by atoms with Crippen molar-refractivity contribution in [3.63, 3.8) is 0 Å². The van der Waals surface area contributed by atoms with Gasteiger partial charge in [0.25, 0.3) is 5.91 Å². The summed E-state index contributed by atoms with van der Waals surface area (Å²) < 4.78 is 11.1. The van der Waals surface area contributed by atoms with E-state index < -0.39 is 5.60 Å². The van der Waals surface area contributed by atoms with Crippen LogP contribution in [0.4, 0.5) is 0 Å². The third-order valence-electron chi connectivity index (χ3n) is 4.98. The minimum Gasteiger partial charge on any atom is -0.485 e. The van der Waals surface area contributed by atoms with Gasteiger partial charge in [-0.25, -0.2) is 0 Å². The van der Waals surface area contributed by atoms with Crippen molar-refractivity contribution in [2.75, 3.05) is 39.9 Å². The van der Waals surface area contributed by atoms with Crippen molar-refractivity contribution in [3.8, 4) is 5.75 Å². The van der Waals surface area contributed by atoms with Gasteiger partial charge < -0.3 is 25.0 Å². The molecule has 3 amide bonds. The molecule has 1 aromatic carbocycles. The molecule has 0 aromatic heterocycles. The number of rotatable bonds is 5. The van der Waals surface area contributed by atoms with E-state index in [2.05, 4.69) is 10.6 Å². The SMILES string of the molecule is COCCNC(=O)CN1CC[C@@]2(CCC1=O)CNC(=O)c1ccccc1O2. The van der Waals surface area contributed by atoms with E-state index in [0.29, 0.717) is 50.4 Å². The van der Waals surface area contributed by atoms with Crippen LogP contribution in [0, 0.1) is 0 Å². The van der Waals surface area contributed by atoms with Crippen molar-refractivity contribution in [1.82, 2.24) is 15.5 Å². The smallest absolute Gasteiger partial charge is 0.255 e. The number of fused-ring (bicyclic) bond motifs is 1. The van der Waals surface area contributed by atoms with Gasteiger partial charge >= 0.3 is 0 Å². The molecule has 1 aromatic rings. The maximum Gasteiger partial charge on any atom is 0.255 e. The maximum atomic E-state index is 12.5. The molecule has 1 saturated heterocycles. The van der Waals surface area contributed by atoms with Crippen molar-refractivity contribution in [2.45, 2.75) is 24.9 Å². The van der Waals surface area contributed by atoms with Gasteiger partial charge in [0.15, 0.2) is 0 Å². The molecule has 2 aliphatic heterocycles. The summed E-state index contributed by atoms with van der Waals surface area (Å²) in [7, 11) is 1.56. The topological polar surface area (TPSA) is 97.0 Å². The number of carbonyl (C=O) groups excluding carboxylic acids is 3. The first-order valence-electron chi connectivity index (χ1n) is 9.13. The van der Waals surface area contributed by atoms with Gasteiger partial charge in [-0.3, -0.25) is 14.4 Å². The van der Waals surface area contributed by atoms with Crippen molar-refractivity contribution in [3.05, 3.63) is 29.8 Å². The Morgan fingerprint density at radius 2 is 2.15 bits per heavy atom. The predicted molar refractivity (Wildman–Crippen MR) is 97.5 cm³/mol. The molecule has 2 aliphatic rings. The molecule has 2 heterocycles. The van der Waals surface area contributed by atoms with Crippen LogP contribution in [-0.2, 0) is 14.3 Å². The third kappa shape index (κ3) is 4.57. The summed E-state index contributed by atoms with van der Waals surface area (Å²) in [6.07, 6.45) is 1.30. The molecule has 1 atom stereocenters. The second-order valence-corrected chi connectivity index (χ2v) is 6.87. The Balaban J connectivity index is 1.67. The molecular weight excluding hydrogens is 350 g/mol. The molecule has 146 valence electrons. The van der Waals surface area contributed by atoms with E-state index in [0.717, 1.165) is 0 Å². The summed E-state index contributed by atoms with van der Waals surface area (Å²) in [5.74, 6) is 0.0659. The zero-order chi connectivity index (χ0) is 19.3. The normalized spacial score (nSPS) is 22.3. The molecule has 0 aliphatic carbocycles. The zero-order valence-electron chi connectivity index (χ0n) is 15.5. The minimum atomic E-state index is -0.654. The second-order valence-electron chi connectivity index (χ2n) is 6.87. The molecule has 8 nitrogen and oxygen atoms in total. The van der Waals surface area contributed by atoms with Gasteiger partial charge in [-0.2, -0.15) is 0 Å². The molecule has 0 saturated carbocycles. The highest BCUT2D eigenvalue weighted by atomic mass is 16.5. The second kappa shape index (κ2) is 8.39. The summed E-state index contributed by atoms with van der Waals surface area (Å²) in [5, 5.41) is 5.63. The molecule has 1 fully saturated rings. The van der Waals surface area contributed by atoms with E-state index >= 15 is 0 Å². The largest absolute Gasteiger partial charge is 0.485 e. The lowest BCUT2D eigenvalue weighted by Crippen LogP contribution is -2.46. The molecule has 1 spiro atoms. The molecule has 3 rings (SSSR count). The van der Waals surface area contributed by atoms with Crippen molar-refractivity contribution >= 4 is 17.7 Å². The lowest BCUT2D eigenvalue weighted by atomic mass is 9.94. The van der Waals surface area contributed by atoms with Gasteiger partial charge in [0.05, 0.1) is 25.3 Å². The lowest BCUT2D eigenvalue weighted by molar-refractivity contribution is -0.135. The van der Waals surface area contributed by atoms with E-state index in [1.807, 2.05) is 6.07 Å². The fourth-order valence-electron chi connectivity index (χ4n) is 3.40. The quantitative estimate of drug-likeness (QED) is 0.723. The van der Waals surface area contributed by atoms with Gasteiger partial charge in [-0.1, -0.05) is 12.1 Å². The monoisotopic (exact) mass is 375 g/mol. The average Bonchev–Trinajstić information content (AvgIpc) is 2.90. The van der Waals surface area contributed by atoms with Crippen LogP contribution in [0.5, 0.6) is 5.75 Å². The number of nitrogens with one attached hydrogen (secondary N) is 2. The van der Waals surface area contributed by atoms with E-state index in [9.17, 15) is 14.4 Å². The van der Waals surface area contributed by atoms with Crippen LogP contribution in [0.2, 0.25) is 0 Å². The third-order valence-corrected chi connectivity index (χ3v) is 4.98. The number of para-hydroxylation sites is 1. The molecule has 8 heteroatoms. The number of amides is 3. The number of carbonyl (C=O) groups is 3. The first-order chi connectivity index (χ1) is 13.0. The van der Waals surface area contributed by atoms with Crippen LogP contribution < -0.4 is 15.4 Å². The van der Waals surface area contributed by atoms with Crippen molar-refractivity contribution in [1.29, 1.82) is 0 Å². The Morgan fingerprint density at radius 1 is 1.33 bits per heavy atom. The first-order valence-corrected chi connectivity index (χ1v) is 9.13. The first kappa shape index (κ1) is 19.2. The number of methoxy groups -OCH3 is 1. The van der Waals surface area contributed by atoms with Crippen LogP contribution in [0.3, 0.4) is 0 Å². The summed E-state index contributed by atoms with van der Waals surface area (Å²) >= 11 is 0. The van der Waals surface area contributed by atoms with E-state index in [4.69, 9.17) is 9.47 Å². The van der Waals surface area contributed by atoms with E-state index in [-0.39, 0.29) is 30.7 Å². The van der Waals surface area contributed by atoms with Crippen LogP contribution in [0.25, 0.3) is 0 Å². The van der Waals surface area contributed by atoms with Crippen LogP contribution in [-0.4, -0.2) is 68.1 Å². The molecule has 2 N–H and O–H groups in total. The number of nitrogens with zero attached hydrogens (tertiary/aromatic N) is 1. The van der Waals surface area contributed by atoms with Gasteiger partial charge in [-0.05, 0) is 18.6 Å². The molecular formula is C19H25N3O5. The summed E-state index contributed by atoms with van der Waals surface area (Å²) in [5.41, 5.74) is -0.154. The minimum absolute atomic E-state index is 0.0155. The molecule has 27 heavy (non-hydrogen) atoms. The Hall–Kier alpha value is -2.61.